The highest BCUT2D eigenvalue weighted by Gasteiger charge is 2.07. The lowest BCUT2D eigenvalue weighted by atomic mass is 10.2. The smallest absolute Gasteiger partial charge is 0.261 e. The Bertz CT molecular complexity index is 989. The van der Waals surface area contributed by atoms with Gasteiger partial charge in [-0.25, -0.2) is 9.97 Å². The standard InChI is InChI=1S/C16H11N3OS2/c20-15-11-5-1-2-6-12(11)17-9-19(15)10-21-16-18-13-7-3-4-8-14(13)22-16/h1-9H,10H2. The van der Waals surface area contributed by atoms with Crippen molar-refractivity contribution in [3.8, 4) is 0 Å². The number of thiazole rings is 1. The van der Waals surface area contributed by atoms with Crippen LogP contribution in [0.5, 0.6) is 0 Å². The Labute approximate surface area is 134 Å². The Kier molecular flexibility index (Phi) is 3.40. The first-order valence-corrected chi connectivity index (χ1v) is 8.54. The second-order valence-corrected chi connectivity index (χ2v) is 6.98. The molecule has 0 amide bonds. The molecule has 0 unspecified atom stereocenters. The van der Waals surface area contributed by atoms with E-state index in [4.69, 9.17) is 0 Å². The minimum Gasteiger partial charge on any atom is -0.288 e. The van der Waals surface area contributed by atoms with Gasteiger partial charge in [0.05, 0.1) is 33.3 Å². The van der Waals surface area contributed by atoms with E-state index in [0.29, 0.717) is 11.3 Å². The number of benzene rings is 2. The summed E-state index contributed by atoms with van der Waals surface area (Å²) in [5.41, 5.74) is 1.71. The summed E-state index contributed by atoms with van der Waals surface area (Å²) in [6, 6.07) is 15.4. The van der Waals surface area contributed by atoms with E-state index in [2.05, 4.69) is 16.0 Å². The summed E-state index contributed by atoms with van der Waals surface area (Å²) < 4.78 is 3.74. The molecule has 0 saturated carbocycles. The van der Waals surface area contributed by atoms with E-state index < -0.39 is 0 Å². The first-order chi connectivity index (χ1) is 10.8. The van der Waals surface area contributed by atoms with Crippen LogP contribution in [0.1, 0.15) is 0 Å². The van der Waals surface area contributed by atoms with Crippen LogP contribution in [-0.2, 0) is 5.88 Å². The van der Waals surface area contributed by atoms with Crippen LogP contribution in [0.4, 0.5) is 0 Å². The minimum absolute atomic E-state index is 0.0146. The molecule has 4 aromatic rings. The molecule has 2 aromatic carbocycles. The van der Waals surface area contributed by atoms with E-state index in [1.54, 1.807) is 34.0 Å². The zero-order valence-corrected chi connectivity index (χ0v) is 13.1. The van der Waals surface area contributed by atoms with Gasteiger partial charge in [0.25, 0.3) is 5.56 Å². The molecule has 22 heavy (non-hydrogen) atoms. The van der Waals surface area contributed by atoms with Crippen molar-refractivity contribution in [1.82, 2.24) is 14.5 Å². The first kappa shape index (κ1) is 13.5. The lowest BCUT2D eigenvalue weighted by Gasteiger charge is -2.04. The lowest BCUT2D eigenvalue weighted by molar-refractivity contribution is 0.823. The molecular formula is C16H11N3OS2. The predicted molar refractivity (Wildman–Crippen MR) is 91.5 cm³/mol. The van der Waals surface area contributed by atoms with Crippen LogP contribution >= 0.6 is 23.1 Å². The van der Waals surface area contributed by atoms with Crippen molar-refractivity contribution in [3.05, 3.63) is 65.2 Å². The fourth-order valence-corrected chi connectivity index (χ4v) is 4.19. The SMILES string of the molecule is O=c1c2ccccc2ncn1CSc1nc2ccccc2s1. The van der Waals surface area contributed by atoms with Gasteiger partial charge in [0, 0.05) is 0 Å². The summed E-state index contributed by atoms with van der Waals surface area (Å²) in [5.74, 6) is 0.510. The second kappa shape index (κ2) is 5.55. The van der Waals surface area contributed by atoms with E-state index >= 15 is 0 Å². The number of hydrogen-bond donors (Lipinski definition) is 0. The van der Waals surface area contributed by atoms with Crippen LogP contribution in [0.25, 0.3) is 21.1 Å². The topological polar surface area (TPSA) is 47.8 Å². The maximum atomic E-state index is 12.4. The highest BCUT2D eigenvalue weighted by atomic mass is 32.2. The molecule has 0 fully saturated rings. The molecule has 108 valence electrons. The maximum Gasteiger partial charge on any atom is 0.261 e. The highest BCUT2D eigenvalue weighted by Crippen LogP contribution is 2.29. The van der Waals surface area contributed by atoms with Crippen molar-refractivity contribution in [2.24, 2.45) is 0 Å². The zero-order valence-electron chi connectivity index (χ0n) is 11.5. The Balaban J connectivity index is 1.63. The molecule has 0 N–H and O–H groups in total. The average Bonchev–Trinajstić information content (AvgIpc) is 2.97. The van der Waals surface area contributed by atoms with E-state index in [0.717, 1.165) is 20.1 Å². The van der Waals surface area contributed by atoms with Crippen molar-refractivity contribution in [3.63, 3.8) is 0 Å². The molecule has 2 aromatic heterocycles. The molecule has 4 rings (SSSR count). The quantitative estimate of drug-likeness (QED) is 0.538. The Morgan fingerprint density at radius 1 is 1.05 bits per heavy atom. The van der Waals surface area contributed by atoms with Gasteiger partial charge in [-0.15, -0.1) is 11.3 Å². The number of fused-ring (bicyclic) bond motifs is 2. The Morgan fingerprint density at radius 2 is 1.82 bits per heavy atom. The third-order valence-electron chi connectivity index (χ3n) is 3.33. The molecule has 4 nitrogen and oxygen atoms in total. The van der Waals surface area contributed by atoms with Gasteiger partial charge in [0.15, 0.2) is 4.34 Å². The minimum atomic E-state index is -0.0146. The van der Waals surface area contributed by atoms with Crippen molar-refractivity contribution in [1.29, 1.82) is 0 Å². The summed E-state index contributed by atoms with van der Waals surface area (Å²) >= 11 is 3.19. The molecule has 0 aliphatic carbocycles. The van der Waals surface area contributed by atoms with Crippen LogP contribution in [-0.4, -0.2) is 14.5 Å². The van der Waals surface area contributed by atoms with Gasteiger partial charge in [-0.2, -0.15) is 0 Å². The molecular weight excluding hydrogens is 314 g/mol. The van der Waals surface area contributed by atoms with Gasteiger partial charge in [-0.1, -0.05) is 36.0 Å². The summed E-state index contributed by atoms with van der Waals surface area (Å²) in [5, 5.41) is 0.648. The summed E-state index contributed by atoms with van der Waals surface area (Å²) in [6.45, 7) is 0. The number of thioether (sulfide) groups is 1. The first-order valence-electron chi connectivity index (χ1n) is 6.74. The van der Waals surface area contributed by atoms with Crippen LogP contribution in [0.15, 0.2) is 64.0 Å². The van der Waals surface area contributed by atoms with Gasteiger partial charge in [-0.3, -0.25) is 9.36 Å². The molecule has 0 aliphatic rings. The summed E-state index contributed by atoms with van der Waals surface area (Å²) in [7, 11) is 0. The van der Waals surface area contributed by atoms with E-state index in [1.807, 2.05) is 42.5 Å². The molecule has 0 spiro atoms. The van der Waals surface area contributed by atoms with E-state index in [9.17, 15) is 4.79 Å². The van der Waals surface area contributed by atoms with E-state index in [1.165, 1.54) is 0 Å². The Morgan fingerprint density at radius 3 is 2.68 bits per heavy atom. The summed E-state index contributed by atoms with van der Waals surface area (Å²) in [6.07, 6.45) is 1.60. The number of nitrogens with zero attached hydrogens (tertiary/aromatic N) is 3. The summed E-state index contributed by atoms with van der Waals surface area (Å²) in [4.78, 5) is 21.3. The van der Waals surface area contributed by atoms with Crippen molar-refractivity contribution in [2.45, 2.75) is 10.2 Å². The molecule has 2 heterocycles. The number of hydrogen-bond acceptors (Lipinski definition) is 5. The fraction of sp³-hybridized carbons (Fsp3) is 0.0625. The van der Waals surface area contributed by atoms with Crippen LogP contribution in [0.3, 0.4) is 0 Å². The van der Waals surface area contributed by atoms with E-state index in [-0.39, 0.29) is 5.56 Å². The molecule has 0 radical (unpaired) electrons. The fourth-order valence-electron chi connectivity index (χ4n) is 2.24. The van der Waals surface area contributed by atoms with Gasteiger partial charge in [0.2, 0.25) is 0 Å². The van der Waals surface area contributed by atoms with Gasteiger partial charge >= 0.3 is 0 Å². The van der Waals surface area contributed by atoms with Gasteiger partial charge < -0.3 is 0 Å². The molecule has 0 saturated heterocycles. The average molecular weight is 325 g/mol. The molecule has 0 bridgehead atoms. The third kappa shape index (κ3) is 2.40. The van der Waals surface area contributed by atoms with Crippen molar-refractivity contribution in [2.75, 3.05) is 0 Å². The van der Waals surface area contributed by atoms with Crippen LogP contribution < -0.4 is 5.56 Å². The lowest BCUT2D eigenvalue weighted by Crippen LogP contribution is -2.19. The number of aromatic nitrogens is 3. The monoisotopic (exact) mass is 325 g/mol. The van der Waals surface area contributed by atoms with Crippen molar-refractivity contribution < 1.29 is 0 Å². The molecule has 0 aliphatic heterocycles. The van der Waals surface area contributed by atoms with Gasteiger partial charge in [-0.05, 0) is 24.3 Å². The second-order valence-electron chi connectivity index (χ2n) is 4.76. The zero-order chi connectivity index (χ0) is 14.9. The van der Waals surface area contributed by atoms with Crippen LogP contribution in [0, 0.1) is 0 Å². The van der Waals surface area contributed by atoms with Crippen molar-refractivity contribution >= 4 is 44.2 Å². The number of rotatable bonds is 3. The third-order valence-corrected chi connectivity index (χ3v) is 5.51. The maximum absolute atomic E-state index is 12.4. The molecule has 0 atom stereocenters. The Hall–Kier alpha value is -2.18. The normalized spacial score (nSPS) is 11.3. The largest absolute Gasteiger partial charge is 0.288 e. The number of para-hydroxylation sites is 2. The highest BCUT2D eigenvalue weighted by molar-refractivity contribution is 8.00. The van der Waals surface area contributed by atoms with Crippen LogP contribution in [0.2, 0.25) is 0 Å². The van der Waals surface area contributed by atoms with Gasteiger partial charge in [0.1, 0.15) is 0 Å². The molecule has 6 heteroatoms. The predicted octanol–water partition coefficient (Wildman–Crippen LogP) is 3.76.